The van der Waals surface area contributed by atoms with E-state index in [2.05, 4.69) is 65.3 Å². The van der Waals surface area contributed by atoms with Crippen LogP contribution in [-0.2, 0) is 21.5 Å². The molecule has 154 valence electrons. The molecule has 4 atom stereocenters. The maximum atomic E-state index is 13.7. The zero-order chi connectivity index (χ0) is 20.5. The normalized spacial score (nSPS) is 34.0. The van der Waals surface area contributed by atoms with Gasteiger partial charge in [0.2, 0.25) is 5.91 Å². The van der Waals surface area contributed by atoms with Crippen LogP contribution in [0.2, 0.25) is 0 Å². The Morgan fingerprint density at radius 2 is 1.80 bits per heavy atom. The summed E-state index contributed by atoms with van der Waals surface area (Å²) in [5.74, 6) is 0.620. The highest BCUT2D eigenvalue weighted by Gasteiger charge is 2.72. The number of ketones is 1. The van der Waals surface area contributed by atoms with Crippen molar-refractivity contribution in [2.45, 2.75) is 63.1 Å². The first-order valence-electron chi connectivity index (χ1n) is 11.3. The summed E-state index contributed by atoms with van der Waals surface area (Å²) in [7, 11) is 0. The van der Waals surface area contributed by atoms with Gasteiger partial charge in [-0.3, -0.25) is 9.59 Å². The van der Waals surface area contributed by atoms with Crippen LogP contribution >= 0.6 is 0 Å². The van der Waals surface area contributed by atoms with Gasteiger partial charge in [0.25, 0.3) is 0 Å². The van der Waals surface area contributed by atoms with Gasteiger partial charge in [-0.2, -0.15) is 0 Å². The zero-order valence-electron chi connectivity index (χ0n) is 17.5. The van der Waals surface area contributed by atoms with Gasteiger partial charge in [0.05, 0.1) is 11.5 Å². The third-order valence-electron chi connectivity index (χ3n) is 8.56. The summed E-state index contributed by atoms with van der Waals surface area (Å²) < 4.78 is 0. The lowest BCUT2D eigenvalue weighted by atomic mass is 9.51. The number of piperidine rings is 1. The highest BCUT2D eigenvalue weighted by molar-refractivity contribution is 5.95. The number of amides is 1. The Bertz CT molecular complexity index is 1030. The molecule has 0 radical (unpaired) electrons. The predicted octanol–water partition coefficient (Wildman–Crippen LogP) is 4.08. The number of carbonyl (C=O) groups excluding carboxylic acids is 2. The van der Waals surface area contributed by atoms with Crippen molar-refractivity contribution >= 4 is 17.4 Å². The maximum absolute atomic E-state index is 13.7. The third-order valence-corrected chi connectivity index (χ3v) is 8.56. The molecule has 0 unspecified atom stereocenters. The second-order valence-corrected chi connectivity index (χ2v) is 9.59. The molecular weight excluding hydrogens is 372 g/mol. The molecular formula is C26H28N2O2. The fourth-order valence-electron chi connectivity index (χ4n) is 7.41. The van der Waals surface area contributed by atoms with E-state index in [-0.39, 0.29) is 28.8 Å². The maximum Gasteiger partial charge on any atom is 0.223 e. The molecule has 4 nitrogen and oxygen atoms in total. The predicted molar refractivity (Wildman–Crippen MR) is 116 cm³/mol. The molecule has 1 saturated carbocycles. The SMILES string of the molecule is CC[C@@]12CCCN3C(=O)C[C@]4(c5ccccc5N(Cc5ccccc5)[C@@H]4CC1=O)[C@H]32. The molecule has 1 spiro atoms. The number of Topliss-reactive ketones (excluding diaryl/α,β-unsaturated/α-hetero) is 1. The van der Waals surface area contributed by atoms with Crippen LogP contribution in [0.1, 0.15) is 50.2 Å². The number of carbonyl (C=O) groups is 2. The molecule has 0 N–H and O–H groups in total. The molecule has 1 aliphatic carbocycles. The molecule has 3 heterocycles. The molecule has 3 aliphatic heterocycles. The molecule has 1 amide bonds. The average molecular weight is 401 g/mol. The monoisotopic (exact) mass is 400 g/mol. The van der Waals surface area contributed by atoms with Crippen molar-refractivity contribution in [2.24, 2.45) is 5.41 Å². The number of hydrogen-bond donors (Lipinski definition) is 0. The standard InChI is InChI=1S/C26H28N2O2/c1-2-25-13-8-14-27-23(30)16-26(24(25)27)19-11-6-7-12-20(19)28(21(26)15-22(25)29)17-18-9-4-3-5-10-18/h3-7,9-12,21,24H,2,8,13-17H2,1H3/t21-,24-,25-,26-/m1/s1. The second-order valence-electron chi connectivity index (χ2n) is 9.59. The summed E-state index contributed by atoms with van der Waals surface area (Å²) in [5.41, 5.74) is 3.10. The van der Waals surface area contributed by atoms with E-state index in [4.69, 9.17) is 0 Å². The van der Waals surface area contributed by atoms with E-state index in [0.29, 0.717) is 18.6 Å². The first-order chi connectivity index (χ1) is 14.6. The minimum absolute atomic E-state index is 0.00410. The summed E-state index contributed by atoms with van der Waals surface area (Å²) in [6.45, 7) is 3.73. The lowest BCUT2D eigenvalue weighted by Crippen LogP contribution is -2.68. The number of fused-ring (bicyclic) bond motifs is 1. The van der Waals surface area contributed by atoms with E-state index >= 15 is 0 Å². The van der Waals surface area contributed by atoms with Crippen LogP contribution in [0.25, 0.3) is 0 Å². The van der Waals surface area contributed by atoms with Gasteiger partial charge in [-0.15, -0.1) is 0 Å². The Morgan fingerprint density at radius 3 is 2.60 bits per heavy atom. The lowest BCUT2D eigenvalue weighted by Gasteiger charge is -2.57. The van der Waals surface area contributed by atoms with Gasteiger partial charge in [-0.1, -0.05) is 55.5 Å². The Balaban J connectivity index is 1.56. The van der Waals surface area contributed by atoms with Crippen LogP contribution < -0.4 is 4.90 Å². The number of anilines is 1. The van der Waals surface area contributed by atoms with Gasteiger partial charge in [-0.05, 0) is 36.5 Å². The van der Waals surface area contributed by atoms with Crippen molar-refractivity contribution < 1.29 is 9.59 Å². The topological polar surface area (TPSA) is 40.6 Å². The van der Waals surface area contributed by atoms with Gasteiger partial charge in [0.15, 0.2) is 0 Å². The Labute approximate surface area is 177 Å². The number of para-hydroxylation sites is 1. The summed E-state index contributed by atoms with van der Waals surface area (Å²) in [6.07, 6.45) is 3.78. The number of hydrogen-bond acceptors (Lipinski definition) is 3. The number of nitrogens with zero attached hydrogens (tertiary/aromatic N) is 2. The molecule has 0 bridgehead atoms. The van der Waals surface area contributed by atoms with Gasteiger partial charge in [0.1, 0.15) is 5.78 Å². The molecule has 6 rings (SSSR count). The van der Waals surface area contributed by atoms with Crippen LogP contribution in [0.3, 0.4) is 0 Å². The summed E-state index contributed by atoms with van der Waals surface area (Å²) >= 11 is 0. The minimum Gasteiger partial charge on any atom is -0.363 e. The smallest absolute Gasteiger partial charge is 0.223 e. The minimum atomic E-state index is -0.378. The van der Waals surface area contributed by atoms with Crippen molar-refractivity contribution in [1.29, 1.82) is 0 Å². The second kappa shape index (κ2) is 6.19. The molecule has 2 saturated heterocycles. The van der Waals surface area contributed by atoms with Crippen molar-refractivity contribution in [2.75, 3.05) is 11.4 Å². The van der Waals surface area contributed by atoms with E-state index in [1.54, 1.807) is 0 Å². The van der Waals surface area contributed by atoms with E-state index in [0.717, 1.165) is 32.4 Å². The number of rotatable bonds is 3. The van der Waals surface area contributed by atoms with Crippen LogP contribution in [-0.4, -0.2) is 35.2 Å². The average Bonchev–Trinajstić information content (AvgIpc) is 3.23. The van der Waals surface area contributed by atoms with Crippen LogP contribution in [0.4, 0.5) is 5.69 Å². The summed E-state index contributed by atoms with van der Waals surface area (Å²) in [5, 5.41) is 0. The molecule has 2 aromatic carbocycles. The molecule has 0 aromatic heterocycles. The van der Waals surface area contributed by atoms with E-state index in [9.17, 15) is 9.59 Å². The molecule has 2 aromatic rings. The lowest BCUT2D eigenvalue weighted by molar-refractivity contribution is -0.147. The highest BCUT2D eigenvalue weighted by Crippen LogP contribution is 2.64. The van der Waals surface area contributed by atoms with Gasteiger partial charge < -0.3 is 9.80 Å². The van der Waals surface area contributed by atoms with Crippen molar-refractivity contribution in [3.8, 4) is 0 Å². The zero-order valence-corrected chi connectivity index (χ0v) is 17.5. The summed E-state index contributed by atoms with van der Waals surface area (Å²) in [6, 6.07) is 19.2. The Kier molecular flexibility index (Phi) is 3.75. The van der Waals surface area contributed by atoms with Crippen molar-refractivity contribution in [3.05, 3.63) is 65.7 Å². The van der Waals surface area contributed by atoms with Gasteiger partial charge in [-0.25, -0.2) is 0 Å². The van der Waals surface area contributed by atoms with E-state index < -0.39 is 0 Å². The first-order valence-corrected chi connectivity index (χ1v) is 11.3. The highest BCUT2D eigenvalue weighted by atomic mass is 16.2. The molecule has 4 heteroatoms. The number of benzene rings is 2. The third kappa shape index (κ3) is 2.07. The molecule has 4 aliphatic rings. The first kappa shape index (κ1) is 18.2. The Hall–Kier alpha value is -2.62. The van der Waals surface area contributed by atoms with Gasteiger partial charge >= 0.3 is 0 Å². The van der Waals surface area contributed by atoms with Crippen LogP contribution in [0, 0.1) is 5.41 Å². The van der Waals surface area contributed by atoms with E-state index in [1.165, 1.54) is 16.8 Å². The van der Waals surface area contributed by atoms with Crippen molar-refractivity contribution in [3.63, 3.8) is 0 Å². The fourth-order valence-corrected chi connectivity index (χ4v) is 7.41. The van der Waals surface area contributed by atoms with Crippen LogP contribution in [0.5, 0.6) is 0 Å². The largest absolute Gasteiger partial charge is 0.363 e. The van der Waals surface area contributed by atoms with Gasteiger partial charge in [0, 0.05) is 43.1 Å². The molecule has 3 fully saturated rings. The Morgan fingerprint density at radius 1 is 1.03 bits per heavy atom. The summed E-state index contributed by atoms with van der Waals surface area (Å²) in [4.78, 5) is 31.6. The van der Waals surface area contributed by atoms with Crippen molar-refractivity contribution in [1.82, 2.24) is 4.90 Å². The molecule has 30 heavy (non-hydrogen) atoms. The van der Waals surface area contributed by atoms with E-state index in [1.807, 2.05) is 6.07 Å². The quantitative estimate of drug-likeness (QED) is 0.780. The van der Waals surface area contributed by atoms with Crippen LogP contribution in [0.15, 0.2) is 54.6 Å². The fraction of sp³-hybridized carbons (Fsp3) is 0.462.